The number of ether oxygens (including phenoxy) is 1. The molecule has 0 fully saturated rings. The molecule has 2 N–H and O–H groups in total. The highest BCUT2D eigenvalue weighted by molar-refractivity contribution is 7.90. The highest BCUT2D eigenvalue weighted by Gasteiger charge is 2.19. The lowest BCUT2D eigenvalue weighted by Crippen LogP contribution is -2.27. The van der Waals surface area contributed by atoms with E-state index in [9.17, 15) is 8.42 Å². The SMILES string of the molecule is C=C/C=C\c1[nH]ncc1CN(CCCOC)c1cc(S(C)(=O)=O)nc(Nc2ccccc2)n1. The third-order valence-electron chi connectivity index (χ3n) is 4.71. The van der Waals surface area contributed by atoms with Crippen LogP contribution in [0, 0.1) is 0 Å². The second-order valence-electron chi connectivity index (χ2n) is 7.32. The van der Waals surface area contributed by atoms with Gasteiger partial charge in [0.15, 0.2) is 14.9 Å². The zero-order valence-corrected chi connectivity index (χ0v) is 19.5. The van der Waals surface area contributed by atoms with Crippen molar-refractivity contribution < 1.29 is 13.2 Å². The van der Waals surface area contributed by atoms with Crippen LogP contribution in [0.15, 0.2) is 66.4 Å². The average Bonchev–Trinajstić information content (AvgIpc) is 3.24. The fourth-order valence-electron chi connectivity index (χ4n) is 3.11. The molecule has 0 aliphatic carbocycles. The molecule has 0 saturated heterocycles. The number of aromatic amines is 1. The molecule has 0 atom stereocenters. The van der Waals surface area contributed by atoms with E-state index in [1.807, 2.05) is 47.4 Å². The van der Waals surface area contributed by atoms with Crippen molar-refractivity contribution in [3.05, 3.63) is 72.6 Å². The average molecular weight is 469 g/mol. The Kier molecular flexibility index (Phi) is 8.34. The van der Waals surface area contributed by atoms with Crippen molar-refractivity contribution in [2.45, 2.75) is 18.0 Å². The molecule has 33 heavy (non-hydrogen) atoms. The molecule has 0 spiro atoms. The Hall–Kier alpha value is -3.50. The van der Waals surface area contributed by atoms with Gasteiger partial charge in [-0.2, -0.15) is 10.1 Å². The number of methoxy groups -OCH3 is 1. The van der Waals surface area contributed by atoms with Gasteiger partial charge in [-0.3, -0.25) is 5.10 Å². The molecule has 0 unspecified atom stereocenters. The van der Waals surface area contributed by atoms with Crippen LogP contribution in [-0.2, 0) is 21.1 Å². The van der Waals surface area contributed by atoms with Gasteiger partial charge in [-0.1, -0.05) is 36.9 Å². The number of rotatable bonds is 12. The van der Waals surface area contributed by atoms with Crippen LogP contribution in [-0.4, -0.2) is 55.1 Å². The smallest absolute Gasteiger partial charge is 0.230 e. The van der Waals surface area contributed by atoms with Crippen LogP contribution in [0.4, 0.5) is 17.5 Å². The van der Waals surface area contributed by atoms with E-state index in [0.717, 1.165) is 29.6 Å². The Morgan fingerprint density at radius 2 is 2.03 bits per heavy atom. The number of nitrogens with zero attached hydrogens (tertiary/aromatic N) is 4. The van der Waals surface area contributed by atoms with Crippen molar-refractivity contribution in [2.75, 3.05) is 36.7 Å². The number of anilines is 3. The number of hydrogen-bond acceptors (Lipinski definition) is 8. The summed E-state index contributed by atoms with van der Waals surface area (Å²) >= 11 is 0. The molecule has 10 heteroatoms. The molecule has 2 heterocycles. The summed E-state index contributed by atoms with van der Waals surface area (Å²) in [7, 11) is -1.92. The van der Waals surface area contributed by atoms with Gasteiger partial charge in [0.1, 0.15) is 5.82 Å². The molecule has 0 bridgehead atoms. The maximum Gasteiger partial charge on any atom is 0.230 e. The lowest BCUT2D eigenvalue weighted by atomic mass is 10.2. The third kappa shape index (κ3) is 6.99. The highest BCUT2D eigenvalue weighted by atomic mass is 32.2. The summed E-state index contributed by atoms with van der Waals surface area (Å²) in [5.41, 5.74) is 2.53. The third-order valence-corrected chi connectivity index (χ3v) is 5.68. The minimum absolute atomic E-state index is 0.0540. The van der Waals surface area contributed by atoms with Gasteiger partial charge in [0.2, 0.25) is 5.95 Å². The second-order valence-corrected chi connectivity index (χ2v) is 9.29. The molecule has 2 aromatic heterocycles. The zero-order valence-electron chi connectivity index (χ0n) is 18.7. The predicted octanol–water partition coefficient (Wildman–Crippen LogP) is 3.59. The summed E-state index contributed by atoms with van der Waals surface area (Å²) in [6.45, 7) is 5.31. The molecule has 1 aromatic carbocycles. The molecule has 0 aliphatic rings. The van der Waals surface area contributed by atoms with Crippen molar-refractivity contribution in [2.24, 2.45) is 0 Å². The van der Waals surface area contributed by atoms with Crippen LogP contribution in [0.25, 0.3) is 6.08 Å². The lowest BCUT2D eigenvalue weighted by molar-refractivity contribution is 0.196. The Bertz CT molecular complexity index is 1190. The predicted molar refractivity (Wildman–Crippen MR) is 130 cm³/mol. The molecule has 0 amide bonds. The van der Waals surface area contributed by atoms with E-state index < -0.39 is 9.84 Å². The fraction of sp³-hybridized carbons (Fsp3) is 0.261. The van der Waals surface area contributed by atoms with Gasteiger partial charge < -0.3 is 15.0 Å². The molecule has 9 nitrogen and oxygen atoms in total. The highest BCUT2D eigenvalue weighted by Crippen LogP contribution is 2.23. The number of aromatic nitrogens is 4. The molecule has 3 aromatic rings. The minimum Gasteiger partial charge on any atom is -0.385 e. The first-order valence-electron chi connectivity index (χ1n) is 10.4. The van der Waals surface area contributed by atoms with E-state index in [0.29, 0.717) is 25.5 Å². The van der Waals surface area contributed by atoms with Crippen LogP contribution in [0.3, 0.4) is 0 Å². The van der Waals surface area contributed by atoms with Crippen LogP contribution in [0.5, 0.6) is 0 Å². The number of nitrogens with one attached hydrogen (secondary N) is 2. The van der Waals surface area contributed by atoms with Crippen molar-refractivity contribution in [3.63, 3.8) is 0 Å². The summed E-state index contributed by atoms with van der Waals surface area (Å²) in [5, 5.41) is 10.2. The van der Waals surface area contributed by atoms with E-state index in [2.05, 4.69) is 32.1 Å². The van der Waals surface area contributed by atoms with E-state index in [1.165, 1.54) is 6.07 Å². The maximum atomic E-state index is 12.4. The monoisotopic (exact) mass is 468 g/mol. The Balaban J connectivity index is 2.00. The number of H-pyrrole nitrogens is 1. The van der Waals surface area contributed by atoms with Gasteiger partial charge in [-0.25, -0.2) is 13.4 Å². The van der Waals surface area contributed by atoms with Gasteiger partial charge in [-0.05, 0) is 24.6 Å². The van der Waals surface area contributed by atoms with E-state index >= 15 is 0 Å². The molecular weight excluding hydrogens is 440 g/mol. The van der Waals surface area contributed by atoms with E-state index in [-0.39, 0.29) is 11.0 Å². The summed E-state index contributed by atoms with van der Waals surface area (Å²) in [4.78, 5) is 10.8. The maximum absolute atomic E-state index is 12.4. The summed E-state index contributed by atoms with van der Waals surface area (Å²) in [5.74, 6) is 0.689. The van der Waals surface area contributed by atoms with Crippen molar-refractivity contribution in [1.82, 2.24) is 20.2 Å². The zero-order chi connectivity index (χ0) is 23.7. The number of para-hydroxylation sites is 1. The first kappa shape index (κ1) is 24.1. The van der Waals surface area contributed by atoms with Crippen molar-refractivity contribution >= 4 is 33.4 Å². The Morgan fingerprint density at radius 3 is 2.73 bits per heavy atom. The Labute approximate surface area is 194 Å². The van der Waals surface area contributed by atoms with Gasteiger partial charge in [-0.15, -0.1) is 0 Å². The van der Waals surface area contributed by atoms with Crippen LogP contribution >= 0.6 is 0 Å². The minimum atomic E-state index is -3.56. The molecule has 0 aliphatic heterocycles. The van der Waals surface area contributed by atoms with Gasteiger partial charge in [0.05, 0.1) is 11.9 Å². The largest absolute Gasteiger partial charge is 0.385 e. The van der Waals surface area contributed by atoms with Crippen molar-refractivity contribution in [1.29, 1.82) is 0 Å². The number of allylic oxidation sites excluding steroid dienone is 2. The van der Waals surface area contributed by atoms with Crippen LogP contribution < -0.4 is 10.2 Å². The quantitative estimate of drug-likeness (QED) is 0.236. The van der Waals surface area contributed by atoms with Gasteiger partial charge >= 0.3 is 0 Å². The van der Waals surface area contributed by atoms with Crippen molar-refractivity contribution in [3.8, 4) is 0 Å². The van der Waals surface area contributed by atoms with Gasteiger partial charge in [0, 0.05) is 50.4 Å². The van der Waals surface area contributed by atoms with E-state index in [1.54, 1.807) is 19.4 Å². The fourth-order valence-corrected chi connectivity index (χ4v) is 3.68. The molecule has 3 rings (SSSR count). The second kappa shape index (κ2) is 11.4. The molecule has 0 saturated carbocycles. The number of benzene rings is 1. The molecular formula is C23H28N6O3S. The lowest BCUT2D eigenvalue weighted by Gasteiger charge is -2.24. The van der Waals surface area contributed by atoms with Crippen LogP contribution in [0.1, 0.15) is 17.7 Å². The standard InChI is InChI=1S/C23H28N6O3S/c1-4-5-12-20-18(16-24-28-20)17-29(13-9-14-32-2)21-15-22(33(3,30)31)27-23(26-21)25-19-10-7-6-8-11-19/h4-8,10-12,15-16H,1,9,13-14,17H2,2-3H3,(H,24,28)(H,25,26,27)/b12-5-. The number of hydrogen-bond donors (Lipinski definition) is 2. The van der Waals surface area contributed by atoms with Gasteiger partial charge in [0.25, 0.3) is 0 Å². The van der Waals surface area contributed by atoms with Crippen LogP contribution in [0.2, 0.25) is 0 Å². The molecule has 0 radical (unpaired) electrons. The summed E-state index contributed by atoms with van der Waals surface area (Å²) < 4.78 is 30.0. The first-order chi connectivity index (χ1) is 15.9. The topological polar surface area (TPSA) is 113 Å². The Morgan fingerprint density at radius 1 is 1.24 bits per heavy atom. The number of sulfone groups is 1. The van der Waals surface area contributed by atoms with E-state index in [4.69, 9.17) is 4.74 Å². The molecule has 174 valence electrons. The summed E-state index contributed by atoms with van der Waals surface area (Å²) in [6.07, 6.45) is 8.99. The first-order valence-corrected chi connectivity index (χ1v) is 12.3. The summed E-state index contributed by atoms with van der Waals surface area (Å²) in [6, 6.07) is 10.9. The normalized spacial score (nSPS) is 11.6.